The van der Waals surface area contributed by atoms with E-state index in [1.165, 1.54) is 12.3 Å². The second kappa shape index (κ2) is 5.36. The van der Waals surface area contributed by atoms with Crippen LogP contribution < -0.4 is 5.32 Å². The number of amides is 1. The molecule has 1 aromatic heterocycles. The summed E-state index contributed by atoms with van der Waals surface area (Å²) in [5, 5.41) is 2.58. The van der Waals surface area contributed by atoms with Gasteiger partial charge in [0, 0.05) is 12.8 Å². The highest BCUT2D eigenvalue weighted by atomic mass is 35.5. The fourth-order valence-corrected chi connectivity index (χ4v) is 1.96. The highest BCUT2D eigenvalue weighted by Crippen LogP contribution is 2.15. The summed E-state index contributed by atoms with van der Waals surface area (Å²) in [6.07, 6.45) is 2.84. The predicted molar refractivity (Wildman–Crippen MR) is 60.4 cm³/mol. The normalized spacial score (nSPS) is 11.4. The minimum atomic E-state index is -2.98. The molecule has 1 aromatic rings. The fourth-order valence-electron chi connectivity index (χ4n) is 1.09. The van der Waals surface area contributed by atoms with E-state index in [0.717, 1.165) is 6.26 Å². The summed E-state index contributed by atoms with van der Waals surface area (Å²) < 4.78 is 26.4. The molecule has 0 radical (unpaired) electrons. The van der Waals surface area contributed by atoms with E-state index in [4.69, 9.17) is 16.0 Å². The van der Waals surface area contributed by atoms with Crippen molar-refractivity contribution in [3.63, 3.8) is 0 Å². The third-order valence-electron chi connectivity index (χ3n) is 1.84. The third-order valence-corrected chi connectivity index (χ3v) is 3.16. The van der Waals surface area contributed by atoms with Crippen LogP contribution in [0.4, 0.5) is 0 Å². The molecule has 7 heteroatoms. The lowest BCUT2D eigenvalue weighted by Crippen LogP contribution is -2.25. The topological polar surface area (TPSA) is 76.4 Å². The summed E-state index contributed by atoms with van der Waals surface area (Å²) in [7, 11) is -2.98. The van der Waals surface area contributed by atoms with Gasteiger partial charge in [-0.15, -0.1) is 0 Å². The summed E-state index contributed by atoms with van der Waals surface area (Å²) in [5.41, 5.74) is 0.251. The van der Waals surface area contributed by atoms with Crippen molar-refractivity contribution in [2.45, 2.75) is 6.42 Å². The molecule has 0 unspecified atom stereocenters. The van der Waals surface area contributed by atoms with E-state index in [1.54, 1.807) is 0 Å². The molecule has 0 aliphatic rings. The van der Waals surface area contributed by atoms with E-state index in [9.17, 15) is 13.2 Å². The molecule has 0 spiro atoms. The largest absolute Gasteiger partial charge is 0.452 e. The van der Waals surface area contributed by atoms with Gasteiger partial charge in [0.25, 0.3) is 5.91 Å². The van der Waals surface area contributed by atoms with Crippen LogP contribution in [-0.2, 0) is 9.84 Å². The van der Waals surface area contributed by atoms with E-state index in [-0.39, 0.29) is 29.0 Å². The van der Waals surface area contributed by atoms with Crippen molar-refractivity contribution in [2.75, 3.05) is 18.6 Å². The number of carbonyl (C=O) groups is 1. The maximum atomic E-state index is 11.4. The quantitative estimate of drug-likeness (QED) is 0.809. The standard InChI is InChI=1S/C9H12ClNO4S/c1-16(13,14)6-2-4-11-9(12)7-3-5-15-8(7)10/h3,5H,2,4,6H2,1H3,(H,11,12). The van der Waals surface area contributed by atoms with E-state index >= 15 is 0 Å². The number of rotatable bonds is 5. The minimum absolute atomic E-state index is 0.0283. The maximum Gasteiger partial charge on any atom is 0.256 e. The number of sulfone groups is 1. The molecule has 16 heavy (non-hydrogen) atoms. The highest BCUT2D eigenvalue weighted by molar-refractivity contribution is 7.90. The van der Waals surface area contributed by atoms with Gasteiger partial charge in [0.05, 0.1) is 17.6 Å². The molecular formula is C9H12ClNO4S. The molecule has 0 atom stereocenters. The minimum Gasteiger partial charge on any atom is -0.452 e. The Morgan fingerprint density at radius 1 is 1.56 bits per heavy atom. The number of furan rings is 1. The van der Waals surface area contributed by atoms with Gasteiger partial charge in [-0.1, -0.05) is 0 Å². The van der Waals surface area contributed by atoms with Crippen LogP contribution in [0.3, 0.4) is 0 Å². The van der Waals surface area contributed by atoms with E-state index < -0.39 is 9.84 Å². The smallest absolute Gasteiger partial charge is 0.256 e. The lowest BCUT2D eigenvalue weighted by molar-refractivity contribution is 0.0953. The molecule has 0 aliphatic carbocycles. The Labute approximate surface area is 98.7 Å². The SMILES string of the molecule is CS(=O)(=O)CCCNC(=O)c1ccoc1Cl. The second-order valence-corrected chi connectivity index (χ2v) is 5.95. The summed E-state index contributed by atoms with van der Waals surface area (Å²) in [6.45, 7) is 0.285. The molecule has 1 heterocycles. The highest BCUT2D eigenvalue weighted by Gasteiger charge is 2.12. The van der Waals surface area contributed by atoms with Crippen LogP contribution in [0, 0.1) is 0 Å². The van der Waals surface area contributed by atoms with Gasteiger partial charge in [0.1, 0.15) is 9.84 Å². The van der Waals surface area contributed by atoms with E-state index in [1.807, 2.05) is 0 Å². The molecule has 1 rings (SSSR count). The number of hydrogen-bond acceptors (Lipinski definition) is 4. The summed E-state index contributed by atoms with van der Waals surface area (Å²) >= 11 is 5.60. The van der Waals surface area contributed by atoms with Crippen molar-refractivity contribution in [1.29, 1.82) is 0 Å². The second-order valence-electron chi connectivity index (χ2n) is 3.35. The van der Waals surface area contributed by atoms with Crippen LogP contribution in [0.2, 0.25) is 5.22 Å². The predicted octanol–water partition coefficient (Wildman–Crippen LogP) is 1.10. The Hall–Kier alpha value is -1.01. The average molecular weight is 266 g/mol. The summed E-state index contributed by atoms with van der Waals surface area (Å²) in [5.74, 6) is -0.320. The fraction of sp³-hybridized carbons (Fsp3) is 0.444. The maximum absolute atomic E-state index is 11.4. The Kier molecular flexibility index (Phi) is 4.37. The number of nitrogens with one attached hydrogen (secondary N) is 1. The monoisotopic (exact) mass is 265 g/mol. The Morgan fingerprint density at radius 3 is 2.75 bits per heavy atom. The van der Waals surface area contributed by atoms with Crippen molar-refractivity contribution < 1.29 is 17.6 Å². The van der Waals surface area contributed by atoms with Crippen molar-refractivity contribution in [2.24, 2.45) is 0 Å². The van der Waals surface area contributed by atoms with Crippen LogP contribution in [0.25, 0.3) is 0 Å². The van der Waals surface area contributed by atoms with Gasteiger partial charge in [0.15, 0.2) is 0 Å². The van der Waals surface area contributed by atoms with Crippen LogP contribution in [-0.4, -0.2) is 32.9 Å². The first kappa shape index (κ1) is 13.1. The van der Waals surface area contributed by atoms with Crippen molar-refractivity contribution in [3.8, 4) is 0 Å². The van der Waals surface area contributed by atoms with Gasteiger partial charge in [-0.25, -0.2) is 8.42 Å². The Morgan fingerprint density at radius 2 is 2.25 bits per heavy atom. The lowest BCUT2D eigenvalue weighted by atomic mass is 10.3. The zero-order valence-corrected chi connectivity index (χ0v) is 10.3. The van der Waals surface area contributed by atoms with Gasteiger partial charge in [-0.05, 0) is 24.1 Å². The number of halogens is 1. The summed E-state index contributed by atoms with van der Waals surface area (Å²) in [6, 6.07) is 1.45. The molecule has 0 aromatic carbocycles. The third kappa shape index (κ3) is 4.24. The lowest BCUT2D eigenvalue weighted by Gasteiger charge is -2.02. The number of hydrogen-bond donors (Lipinski definition) is 1. The van der Waals surface area contributed by atoms with Crippen molar-refractivity contribution >= 4 is 27.3 Å². The first-order valence-corrected chi connectivity index (χ1v) is 7.03. The molecule has 1 amide bonds. The molecule has 0 bridgehead atoms. The summed E-state index contributed by atoms with van der Waals surface area (Å²) in [4.78, 5) is 11.4. The van der Waals surface area contributed by atoms with Gasteiger partial charge in [0.2, 0.25) is 5.22 Å². The Bertz CT molecular complexity index is 466. The van der Waals surface area contributed by atoms with Crippen LogP contribution in [0.1, 0.15) is 16.8 Å². The van der Waals surface area contributed by atoms with Crippen LogP contribution in [0.15, 0.2) is 16.7 Å². The molecule has 90 valence electrons. The van der Waals surface area contributed by atoms with Gasteiger partial charge in [-0.2, -0.15) is 0 Å². The first-order chi connectivity index (χ1) is 7.40. The van der Waals surface area contributed by atoms with Crippen LogP contribution >= 0.6 is 11.6 Å². The zero-order chi connectivity index (χ0) is 12.2. The molecule has 5 nitrogen and oxygen atoms in total. The Balaban J connectivity index is 2.35. The number of carbonyl (C=O) groups excluding carboxylic acids is 1. The molecule has 1 N–H and O–H groups in total. The molecule has 0 saturated heterocycles. The van der Waals surface area contributed by atoms with Gasteiger partial charge in [-0.3, -0.25) is 4.79 Å². The van der Waals surface area contributed by atoms with E-state index in [0.29, 0.717) is 6.42 Å². The zero-order valence-electron chi connectivity index (χ0n) is 8.70. The van der Waals surface area contributed by atoms with Crippen molar-refractivity contribution in [1.82, 2.24) is 5.32 Å². The first-order valence-electron chi connectivity index (χ1n) is 4.59. The molecule has 0 aliphatic heterocycles. The van der Waals surface area contributed by atoms with Crippen molar-refractivity contribution in [3.05, 3.63) is 23.1 Å². The molecular weight excluding hydrogens is 254 g/mol. The molecule has 0 saturated carbocycles. The average Bonchev–Trinajstić information content (AvgIpc) is 2.57. The van der Waals surface area contributed by atoms with Gasteiger partial charge >= 0.3 is 0 Å². The molecule has 0 fully saturated rings. The van der Waals surface area contributed by atoms with E-state index in [2.05, 4.69) is 5.32 Å². The van der Waals surface area contributed by atoms with Crippen LogP contribution in [0.5, 0.6) is 0 Å². The van der Waals surface area contributed by atoms with Gasteiger partial charge < -0.3 is 9.73 Å².